The maximum absolute atomic E-state index is 13.6. The Morgan fingerprint density at radius 2 is 1.97 bits per heavy atom. The van der Waals surface area contributed by atoms with Gasteiger partial charge in [0.2, 0.25) is 5.95 Å². The maximum Gasteiger partial charge on any atom is 0.332 e. The fraction of sp³-hybridized carbons (Fsp3) is 0.333. The smallest absolute Gasteiger partial charge is 0.332 e. The second kappa shape index (κ2) is 8.59. The van der Waals surface area contributed by atoms with Crippen LogP contribution in [0.25, 0.3) is 22.1 Å². The number of piperidine rings is 1. The summed E-state index contributed by atoms with van der Waals surface area (Å²) >= 11 is 0. The van der Waals surface area contributed by atoms with Gasteiger partial charge in [-0.15, -0.1) is 5.92 Å². The molecule has 34 heavy (non-hydrogen) atoms. The molecule has 0 amide bonds. The number of imidazole rings is 1. The van der Waals surface area contributed by atoms with Crippen molar-refractivity contribution in [2.75, 3.05) is 18.0 Å². The number of rotatable bonds is 4. The van der Waals surface area contributed by atoms with Gasteiger partial charge >= 0.3 is 5.69 Å². The van der Waals surface area contributed by atoms with Crippen molar-refractivity contribution >= 4 is 33.7 Å². The van der Waals surface area contributed by atoms with Gasteiger partial charge in [-0.1, -0.05) is 24.1 Å². The number of para-hydroxylation sites is 1. The fourth-order valence-corrected chi connectivity index (χ4v) is 4.32. The number of benzene rings is 1. The molecule has 0 atom stereocenters. The molecule has 1 aromatic carbocycles. The van der Waals surface area contributed by atoms with Gasteiger partial charge in [0.25, 0.3) is 5.56 Å². The lowest BCUT2D eigenvalue weighted by molar-refractivity contribution is 0.634. The van der Waals surface area contributed by atoms with E-state index in [1.54, 1.807) is 24.7 Å². The van der Waals surface area contributed by atoms with Crippen LogP contribution in [0.15, 0.2) is 40.1 Å². The lowest BCUT2D eigenvalue weighted by Crippen LogP contribution is -2.40. The number of nitrogens with zero attached hydrogens (tertiary/aromatic N) is 7. The van der Waals surface area contributed by atoms with Crippen LogP contribution in [-0.4, -0.2) is 47.5 Å². The van der Waals surface area contributed by atoms with Crippen LogP contribution in [0.1, 0.15) is 25.6 Å². The molecule has 0 spiro atoms. The highest BCUT2D eigenvalue weighted by molar-refractivity contribution is 5.87. The molecule has 4 heterocycles. The number of anilines is 1. The first-order chi connectivity index (χ1) is 16.5. The topological polar surface area (TPSA) is 115 Å². The van der Waals surface area contributed by atoms with Gasteiger partial charge < -0.3 is 10.3 Å². The molecular weight excluding hydrogens is 432 g/mol. The van der Waals surface area contributed by atoms with E-state index >= 15 is 0 Å². The minimum Gasteiger partial charge on any atom is -0.337 e. The van der Waals surface area contributed by atoms with Gasteiger partial charge in [0.05, 0.1) is 25.2 Å². The molecule has 172 valence electrons. The second-order valence-corrected chi connectivity index (χ2v) is 8.30. The standard InChI is InChI=1S/C24H24N8O2/c1-3-4-12-31-20-21(28-23(31)30-11-7-9-17(25)14-30)29(2)24(34)32(22(20)33)15-19-26-13-16-8-5-6-10-18(16)27-19/h5-6,8,10,13,25H,7,9,11-12,14-15H2,1-2H3. The molecule has 3 aromatic heterocycles. The Morgan fingerprint density at radius 3 is 2.76 bits per heavy atom. The molecule has 10 heteroatoms. The fourth-order valence-electron chi connectivity index (χ4n) is 4.32. The molecular formula is C24H24N8O2. The van der Waals surface area contributed by atoms with Crippen LogP contribution in [0, 0.1) is 17.3 Å². The van der Waals surface area contributed by atoms with Crippen molar-refractivity contribution in [3.63, 3.8) is 0 Å². The van der Waals surface area contributed by atoms with E-state index in [-0.39, 0.29) is 13.1 Å². The average Bonchev–Trinajstić information content (AvgIpc) is 3.23. The average molecular weight is 457 g/mol. The number of hydrogen-bond donors (Lipinski definition) is 1. The van der Waals surface area contributed by atoms with E-state index in [9.17, 15) is 9.59 Å². The minimum absolute atomic E-state index is 0.0549. The summed E-state index contributed by atoms with van der Waals surface area (Å²) in [7, 11) is 1.60. The molecule has 1 aliphatic rings. The van der Waals surface area contributed by atoms with Crippen molar-refractivity contribution in [1.82, 2.24) is 28.7 Å². The highest BCUT2D eigenvalue weighted by Crippen LogP contribution is 2.22. The zero-order valence-corrected chi connectivity index (χ0v) is 19.1. The Balaban J connectivity index is 1.68. The van der Waals surface area contributed by atoms with E-state index in [0.717, 1.165) is 34.9 Å². The molecule has 0 radical (unpaired) electrons. The van der Waals surface area contributed by atoms with Crippen molar-refractivity contribution in [1.29, 1.82) is 5.41 Å². The summed E-state index contributed by atoms with van der Waals surface area (Å²) in [5.74, 6) is 6.81. The molecule has 1 N–H and O–H groups in total. The van der Waals surface area contributed by atoms with Crippen molar-refractivity contribution in [2.45, 2.75) is 32.9 Å². The summed E-state index contributed by atoms with van der Waals surface area (Å²) < 4.78 is 4.28. The lowest BCUT2D eigenvalue weighted by atomic mass is 10.1. The Bertz CT molecular complexity index is 1620. The zero-order valence-electron chi connectivity index (χ0n) is 19.1. The van der Waals surface area contributed by atoms with Crippen LogP contribution in [-0.2, 0) is 20.1 Å². The molecule has 1 fully saturated rings. The third-order valence-corrected chi connectivity index (χ3v) is 6.04. The first-order valence-electron chi connectivity index (χ1n) is 11.1. The molecule has 1 aliphatic heterocycles. The third kappa shape index (κ3) is 3.65. The maximum atomic E-state index is 13.6. The zero-order chi connectivity index (χ0) is 23.8. The monoisotopic (exact) mass is 456 g/mol. The SMILES string of the molecule is CC#CCn1c(N2CCCC(=N)C2)nc2c1c(=O)n(Cc1ncc3ccccc3n1)c(=O)n2C. The molecule has 5 rings (SSSR count). The van der Waals surface area contributed by atoms with E-state index < -0.39 is 11.2 Å². The van der Waals surface area contributed by atoms with Crippen LogP contribution in [0.5, 0.6) is 0 Å². The van der Waals surface area contributed by atoms with Gasteiger partial charge in [-0.2, -0.15) is 4.98 Å². The predicted octanol–water partition coefficient (Wildman–Crippen LogP) is 1.53. The molecule has 0 aliphatic carbocycles. The highest BCUT2D eigenvalue weighted by atomic mass is 16.2. The van der Waals surface area contributed by atoms with Crippen LogP contribution >= 0.6 is 0 Å². The highest BCUT2D eigenvalue weighted by Gasteiger charge is 2.25. The second-order valence-electron chi connectivity index (χ2n) is 8.30. The summed E-state index contributed by atoms with van der Waals surface area (Å²) in [4.78, 5) is 42.4. The van der Waals surface area contributed by atoms with Crippen LogP contribution < -0.4 is 16.1 Å². The summed E-state index contributed by atoms with van der Waals surface area (Å²) in [6.45, 7) is 3.10. The first-order valence-corrected chi connectivity index (χ1v) is 11.1. The summed E-state index contributed by atoms with van der Waals surface area (Å²) in [5, 5.41) is 8.99. The number of fused-ring (bicyclic) bond motifs is 2. The Morgan fingerprint density at radius 1 is 1.15 bits per heavy atom. The van der Waals surface area contributed by atoms with E-state index in [1.165, 1.54) is 4.57 Å². The normalized spacial score (nSPS) is 13.9. The number of aryl methyl sites for hydroxylation is 1. The number of aromatic nitrogens is 6. The Kier molecular flexibility index (Phi) is 5.45. The van der Waals surface area contributed by atoms with Gasteiger partial charge in [0, 0.05) is 30.9 Å². The van der Waals surface area contributed by atoms with Crippen LogP contribution in [0.4, 0.5) is 5.95 Å². The summed E-state index contributed by atoms with van der Waals surface area (Å²) in [5.41, 5.74) is 1.02. The quantitative estimate of drug-likeness (QED) is 0.466. The number of nitrogens with one attached hydrogen (secondary N) is 1. The van der Waals surface area contributed by atoms with Crippen LogP contribution in [0.3, 0.4) is 0 Å². The first kappa shape index (κ1) is 21.6. The van der Waals surface area contributed by atoms with Crippen LogP contribution in [0.2, 0.25) is 0 Å². The number of hydrogen-bond acceptors (Lipinski definition) is 7. The molecule has 1 saturated heterocycles. The van der Waals surface area contributed by atoms with Crippen molar-refractivity contribution in [2.24, 2.45) is 7.05 Å². The van der Waals surface area contributed by atoms with Crippen molar-refractivity contribution in [3.8, 4) is 11.8 Å². The summed E-state index contributed by atoms with van der Waals surface area (Å²) in [6, 6.07) is 7.56. The molecule has 0 unspecified atom stereocenters. The molecule has 4 aromatic rings. The summed E-state index contributed by atoms with van der Waals surface area (Å²) in [6.07, 6.45) is 3.28. The lowest BCUT2D eigenvalue weighted by Gasteiger charge is -2.28. The molecule has 10 nitrogen and oxygen atoms in total. The van der Waals surface area contributed by atoms with Gasteiger partial charge in [0.15, 0.2) is 11.2 Å². The Hall–Kier alpha value is -4.26. The Labute approximate surface area is 195 Å². The van der Waals surface area contributed by atoms with Crippen molar-refractivity contribution in [3.05, 3.63) is 57.1 Å². The molecule has 0 saturated carbocycles. The molecule has 0 bridgehead atoms. The van der Waals surface area contributed by atoms with E-state index in [0.29, 0.717) is 35.2 Å². The van der Waals surface area contributed by atoms with Crippen molar-refractivity contribution < 1.29 is 0 Å². The van der Waals surface area contributed by atoms with Gasteiger partial charge in [-0.3, -0.25) is 18.5 Å². The largest absolute Gasteiger partial charge is 0.337 e. The third-order valence-electron chi connectivity index (χ3n) is 6.04. The van der Waals surface area contributed by atoms with Gasteiger partial charge in [-0.05, 0) is 25.8 Å². The van der Waals surface area contributed by atoms with E-state index in [1.807, 2.05) is 29.2 Å². The van der Waals surface area contributed by atoms with E-state index in [2.05, 4.69) is 26.8 Å². The van der Waals surface area contributed by atoms with E-state index in [4.69, 9.17) is 5.41 Å². The predicted molar refractivity (Wildman–Crippen MR) is 130 cm³/mol. The minimum atomic E-state index is -0.488. The van der Waals surface area contributed by atoms with Gasteiger partial charge in [-0.25, -0.2) is 14.8 Å². The van der Waals surface area contributed by atoms with Gasteiger partial charge in [0.1, 0.15) is 5.82 Å².